The molecule has 2 aromatic rings. The summed E-state index contributed by atoms with van der Waals surface area (Å²) in [6.07, 6.45) is 1.10. The molecule has 0 radical (unpaired) electrons. The second-order valence-electron chi connectivity index (χ2n) is 4.73. The minimum atomic E-state index is -0.0395. The van der Waals surface area contributed by atoms with Crippen molar-refractivity contribution >= 4 is 22.9 Å². The maximum Gasteiger partial charge on any atom is 0.226 e. The molecule has 0 fully saturated rings. The molecular weight excluding hydrogens is 240 g/mol. The number of carbonyl (C=O) groups excluding carboxylic acids is 1. The molecule has 1 atom stereocenters. The predicted molar refractivity (Wildman–Crippen MR) is 76.9 cm³/mol. The van der Waals surface area contributed by atoms with Crippen molar-refractivity contribution < 1.29 is 4.79 Å². The van der Waals surface area contributed by atoms with E-state index in [0.29, 0.717) is 18.8 Å². The summed E-state index contributed by atoms with van der Waals surface area (Å²) >= 11 is 0. The second-order valence-corrected chi connectivity index (χ2v) is 4.73. The Morgan fingerprint density at radius 3 is 2.89 bits per heavy atom. The highest BCUT2D eigenvalue weighted by Crippen LogP contribution is 2.19. The van der Waals surface area contributed by atoms with Crippen molar-refractivity contribution in [2.45, 2.75) is 39.3 Å². The summed E-state index contributed by atoms with van der Waals surface area (Å²) in [4.78, 5) is 16.3. The van der Waals surface area contributed by atoms with Crippen LogP contribution in [-0.4, -0.2) is 21.5 Å². The number of rotatable bonds is 5. The Balaban J connectivity index is 2.18. The number of para-hydroxylation sites is 2. The van der Waals surface area contributed by atoms with Crippen LogP contribution in [0.1, 0.15) is 26.7 Å². The number of nitrogens with two attached hydrogens (primary N) is 1. The van der Waals surface area contributed by atoms with Gasteiger partial charge in [-0.2, -0.15) is 0 Å². The molecule has 5 heteroatoms. The normalized spacial score (nSPS) is 12.6. The van der Waals surface area contributed by atoms with E-state index in [9.17, 15) is 4.79 Å². The van der Waals surface area contributed by atoms with E-state index in [1.54, 1.807) is 0 Å². The van der Waals surface area contributed by atoms with Crippen LogP contribution in [-0.2, 0) is 11.3 Å². The number of imidazole rings is 1. The molecule has 0 saturated carbocycles. The molecule has 1 aromatic heterocycles. The van der Waals surface area contributed by atoms with Crippen molar-refractivity contribution in [2.75, 3.05) is 5.32 Å². The zero-order valence-electron chi connectivity index (χ0n) is 11.4. The highest BCUT2D eigenvalue weighted by Gasteiger charge is 2.12. The van der Waals surface area contributed by atoms with Crippen LogP contribution in [0.2, 0.25) is 0 Å². The predicted octanol–water partition coefficient (Wildman–Crippen LogP) is 2.12. The lowest BCUT2D eigenvalue weighted by atomic mass is 10.2. The summed E-state index contributed by atoms with van der Waals surface area (Å²) in [5.74, 6) is 0.570. The lowest BCUT2D eigenvalue weighted by Gasteiger charge is -2.08. The monoisotopic (exact) mass is 260 g/mol. The average Bonchev–Trinajstić information content (AvgIpc) is 2.73. The van der Waals surface area contributed by atoms with E-state index in [2.05, 4.69) is 10.3 Å². The third-order valence-electron chi connectivity index (χ3n) is 3.05. The van der Waals surface area contributed by atoms with Gasteiger partial charge in [0.2, 0.25) is 11.9 Å². The van der Waals surface area contributed by atoms with Crippen LogP contribution >= 0.6 is 0 Å². The quantitative estimate of drug-likeness (QED) is 0.865. The largest absolute Gasteiger partial charge is 0.328 e. The first kappa shape index (κ1) is 13.5. The molecular formula is C14H20N4O. The smallest absolute Gasteiger partial charge is 0.226 e. The lowest BCUT2D eigenvalue weighted by Crippen LogP contribution is -2.20. The van der Waals surface area contributed by atoms with Crippen molar-refractivity contribution in [2.24, 2.45) is 5.73 Å². The number of anilines is 1. The van der Waals surface area contributed by atoms with Gasteiger partial charge in [0.25, 0.3) is 0 Å². The van der Waals surface area contributed by atoms with E-state index in [1.807, 2.05) is 42.7 Å². The molecule has 0 bridgehead atoms. The number of aromatic nitrogens is 2. The molecule has 5 nitrogen and oxygen atoms in total. The number of fused-ring (bicyclic) bond motifs is 1. The minimum absolute atomic E-state index is 0.0377. The maximum absolute atomic E-state index is 11.8. The third kappa shape index (κ3) is 3.12. The van der Waals surface area contributed by atoms with E-state index >= 15 is 0 Å². The Morgan fingerprint density at radius 1 is 1.47 bits per heavy atom. The van der Waals surface area contributed by atoms with Crippen molar-refractivity contribution in [3.63, 3.8) is 0 Å². The zero-order chi connectivity index (χ0) is 13.8. The van der Waals surface area contributed by atoms with E-state index < -0.39 is 0 Å². The fourth-order valence-electron chi connectivity index (χ4n) is 2.04. The fourth-order valence-corrected chi connectivity index (χ4v) is 2.04. The molecule has 1 heterocycles. The second kappa shape index (κ2) is 5.84. The SMILES string of the molecule is CCn1c(NC(=O)CCC(C)N)nc2ccccc21. The molecule has 0 saturated heterocycles. The summed E-state index contributed by atoms with van der Waals surface area (Å²) < 4.78 is 2.00. The van der Waals surface area contributed by atoms with Gasteiger partial charge >= 0.3 is 0 Å². The zero-order valence-corrected chi connectivity index (χ0v) is 11.4. The van der Waals surface area contributed by atoms with Crippen molar-refractivity contribution in [3.8, 4) is 0 Å². The van der Waals surface area contributed by atoms with Crippen LogP contribution in [0.5, 0.6) is 0 Å². The van der Waals surface area contributed by atoms with E-state index in [-0.39, 0.29) is 11.9 Å². The summed E-state index contributed by atoms with van der Waals surface area (Å²) in [7, 11) is 0. The highest BCUT2D eigenvalue weighted by molar-refractivity contribution is 5.91. The van der Waals surface area contributed by atoms with Crippen LogP contribution < -0.4 is 11.1 Å². The van der Waals surface area contributed by atoms with Gasteiger partial charge in [0, 0.05) is 19.0 Å². The molecule has 1 aromatic carbocycles. The molecule has 19 heavy (non-hydrogen) atoms. The Kier molecular flexibility index (Phi) is 4.16. The molecule has 0 aliphatic rings. The lowest BCUT2D eigenvalue weighted by molar-refractivity contribution is -0.116. The number of amides is 1. The first-order valence-corrected chi connectivity index (χ1v) is 6.62. The maximum atomic E-state index is 11.8. The number of hydrogen-bond donors (Lipinski definition) is 2. The summed E-state index contributed by atoms with van der Waals surface area (Å²) in [5, 5.41) is 2.86. The average molecular weight is 260 g/mol. The van der Waals surface area contributed by atoms with E-state index in [4.69, 9.17) is 5.73 Å². The van der Waals surface area contributed by atoms with Gasteiger partial charge in [-0.05, 0) is 32.4 Å². The topological polar surface area (TPSA) is 72.9 Å². The fraction of sp³-hybridized carbons (Fsp3) is 0.429. The molecule has 0 aliphatic carbocycles. The van der Waals surface area contributed by atoms with E-state index in [1.165, 1.54) is 0 Å². The standard InChI is InChI=1S/C14H20N4O/c1-3-18-12-7-5-4-6-11(12)16-14(18)17-13(19)9-8-10(2)15/h4-7,10H,3,8-9,15H2,1-2H3,(H,16,17,19). The number of hydrogen-bond acceptors (Lipinski definition) is 3. The van der Waals surface area contributed by atoms with Gasteiger partial charge in [-0.15, -0.1) is 0 Å². The number of aryl methyl sites for hydroxylation is 1. The van der Waals surface area contributed by atoms with Crippen LogP contribution in [0.3, 0.4) is 0 Å². The van der Waals surface area contributed by atoms with Crippen molar-refractivity contribution in [1.29, 1.82) is 0 Å². The summed E-state index contributed by atoms with van der Waals surface area (Å²) in [5.41, 5.74) is 7.58. The van der Waals surface area contributed by atoms with Gasteiger partial charge in [0.05, 0.1) is 11.0 Å². The van der Waals surface area contributed by atoms with Gasteiger partial charge in [-0.1, -0.05) is 12.1 Å². The Hall–Kier alpha value is -1.88. The Morgan fingerprint density at radius 2 is 2.21 bits per heavy atom. The van der Waals surface area contributed by atoms with Gasteiger partial charge in [0.15, 0.2) is 0 Å². The molecule has 0 aliphatic heterocycles. The molecule has 1 amide bonds. The number of benzene rings is 1. The van der Waals surface area contributed by atoms with E-state index in [0.717, 1.165) is 17.6 Å². The van der Waals surface area contributed by atoms with Crippen LogP contribution in [0.4, 0.5) is 5.95 Å². The molecule has 0 spiro atoms. The van der Waals surface area contributed by atoms with Gasteiger partial charge < -0.3 is 10.3 Å². The van der Waals surface area contributed by atoms with Crippen LogP contribution in [0.15, 0.2) is 24.3 Å². The number of nitrogens with zero attached hydrogens (tertiary/aromatic N) is 2. The van der Waals surface area contributed by atoms with Gasteiger partial charge in [0.1, 0.15) is 0 Å². The Labute approximate surface area is 112 Å². The first-order valence-electron chi connectivity index (χ1n) is 6.62. The number of nitrogens with one attached hydrogen (secondary N) is 1. The Bertz CT molecular complexity index is 574. The molecule has 102 valence electrons. The van der Waals surface area contributed by atoms with Crippen molar-refractivity contribution in [1.82, 2.24) is 9.55 Å². The van der Waals surface area contributed by atoms with Crippen LogP contribution in [0.25, 0.3) is 11.0 Å². The first-order chi connectivity index (χ1) is 9.11. The number of carbonyl (C=O) groups is 1. The van der Waals surface area contributed by atoms with Crippen molar-refractivity contribution in [3.05, 3.63) is 24.3 Å². The highest BCUT2D eigenvalue weighted by atomic mass is 16.1. The molecule has 2 rings (SSSR count). The minimum Gasteiger partial charge on any atom is -0.328 e. The summed E-state index contributed by atoms with van der Waals surface area (Å²) in [6.45, 7) is 4.70. The molecule has 3 N–H and O–H groups in total. The van der Waals surface area contributed by atoms with Crippen LogP contribution in [0, 0.1) is 0 Å². The summed E-state index contributed by atoms with van der Waals surface area (Å²) in [6, 6.07) is 7.90. The van der Waals surface area contributed by atoms with Gasteiger partial charge in [-0.3, -0.25) is 10.1 Å². The van der Waals surface area contributed by atoms with Gasteiger partial charge in [-0.25, -0.2) is 4.98 Å². The molecule has 1 unspecified atom stereocenters. The third-order valence-corrected chi connectivity index (χ3v) is 3.05.